The number of rotatable bonds is 1. The zero-order valence-corrected chi connectivity index (χ0v) is 8.19. The van der Waals surface area contributed by atoms with Crippen LogP contribution in [0.4, 0.5) is 4.39 Å². The van der Waals surface area contributed by atoms with Crippen molar-refractivity contribution in [3.63, 3.8) is 0 Å². The molecular weight excluding hydrogens is 163 g/mol. The van der Waals surface area contributed by atoms with Gasteiger partial charge < -0.3 is 0 Å². The number of aryl methyl sites for hydroxylation is 1. The van der Waals surface area contributed by atoms with E-state index in [9.17, 15) is 4.39 Å². The SMILES string of the molecule is C#CC(C)(C)c1ccc(C)c(F)c1. The van der Waals surface area contributed by atoms with Crippen LogP contribution < -0.4 is 0 Å². The maximum Gasteiger partial charge on any atom is 0.126 e. The van der Waals surface area contributed by atoms with Gasteiger partial charge in [0.15, 0.2) is 0 Å². The van der Waals surface area contributed by atoms with Crippen LogP contribution in [0.15, 0.2) is 18.2 Å². The molecular formula is C12H13F. The third-order valence-electron chi connectivity index (χ3n) is 2.25. The van der Waals surface area contributed by atoms with E-state index in [-0.39, 0.29) is 5.82 Å². The fourth-order valence-corrected chi connectivity index (χ4v) is 1.06. The third kappa shape index (κ3) is 1.89. The molecule has 0 unspecified atom stereocenters. The molecule has 0 saturated heterocycles. The average Bonchev–Trinajstić information content (AvgIpc) is 2.09. The highest BCUT2D eigenvalue weighted by atomic mass is 19.1. The van der Waals surface area contributed by atoms with Gasteiger partial charge in [0.2, 0.25) is 0 Å². The lowest BCUT2D eigenvalue weighted by atomic mass is 9.85. The van der Waals surface area contributed by atoms with Crippen LogP contribution in [0, 0.1) is 25.1 Å². The van der Waals surface area contributed by atoms with Gasteiger partial charge in [0.25, 0.3) is 0 Å². The molecule has 13 heavy (non-hydrogen) atoms. The van der Waals surface area contributed by atoms with Gasteiger partial charge in [-0.1, -0.05) is 18.1 Å². The summed E-state index contributed by atoms with van der Waals surface area (Å²) in [5.74, 6) is 2.44. The number of terminal acetylenes is 1. The van der Waals surface area contributed by atoms with Gasteiger partial charge in [-0.3, -0.25) is 0 Å². The Labute approximate surface area is 78.8 Å². The number of hydrogen-bond donors (Lipinski definition) is 0. The van der Waals surface area contributed by atoms with Crippen molar-refractivity contribution in [2.24, 2.45) is 0 Å². The Morgan fingerprint density at radius 1 is 1.38 bits per heavy atom. The van der Waals surface area contributed by atoms with Crippen molar-refractivity contribution in [3.05, 3.63) is 35.1 Å². The molecule has 0 heterocycles. The zero-order chi connectivity index (χ0) is 10.1. The molecule has 0 aliphatic carbocycles. The maximum absolute atomic E-state index is 13.2. The van der Waals surface area contributed by atoms with Gasteiger partial charge in [-0.25, -0.2) is 4.39 Å². The van der Waals surface area contributed by atoms with Crippen LogP contribution in [0.1, 0.15) is 25.0 Å². The van der Waals surface area contributed by atoms with Crippen molar-refractivity contribution in [2.45, 2.75) is 26.2 Å². The largest absolute Gasteiger partial charge is 0.207 e. The first kappa shape index (κ1) is 9.80. The second-order valence-corrected chi connectivity index (χ2v) is 3.73. The molecule has 0 saturated carbocycles. The van der Waals surface area contributed by atoms with Crippen LogP contribution in [0.5, 0.6) is 0 Å². The summed E-state index contributed by atoms with van der Waals surface area (Å²) in [7, 11) is 0. The van der Waals surface area contributed by atoms with Crippen molar-refractivity contribution in [1.82, 2.24) is 0 Å². The molecule has 0 fully saturated rings. The summed E-state index contributed by atoms with van der Waals surface area (Å²) in [4.78, 5) is 0. The zero-order valence-electron chi connectivity index (χ0n) is 8.19. The van der Waals surface area contributed by atoms with Crippen LogP contribution in [0.25, 0.3) is 0 Å². The van der Waals surface area contributed by atoms with E-state index in [1.807, 2.05) is 19.9 Å². The van der Waals surface area contributed by atoms with Gasteiger partial charge in [0, 0.05) is 0 Å². The molecule has 0 atom stereocenters. The summed E-state index contributed by atoms with van der Waals surface area (Å²) in [5.41, 5.74) is 1.10. The Kier molecular flexibility index (Phi) is 2.43. The summed E-state index contributed by atoms with van der Waals surface area (Å²) >= 11 is 0. The predicted molar refractivity (Wildman–Crippen MR) is 53.0 cm³/mol. The van der Waals surface area contributed by atoms with E-state index >= 15 is 0 Å². The van der Waals surface area contributed by atoms with Gasteiger partial charge in [0.1, 0.15) is 5.82 Å². The average molecular weight is 176 g/mol. The molecule has 1 heteroatoms. The van der Waals surface area contributed by atoms with E-state index in [2.05, 4.69) is 5.92 Å². The predicted octanol–water partition coefficient (Wildman–Crippen LogP) is 3.04. The first-order valence-electron chi connectivity index (χ1n) is 4.22. The molecule has 0 N–H and O–H groups in total. The Morgan fingerprint density at radius 3 is 2.46 bits per heavy atom. The molecule has 1 aromatic rings. The second-order valence-electron chi connectivity index (χ2n) is 3.73. The molecule has 0 aliphatic rings. The highest BCUT2D eigenvalue weighted by Gasteiger charge is 2.17. The van der Waals surface area contributed by atoms with Crippen LogP contribution in [0.3, 0.4) is 0 Å². The van der Waals surface area contributed by atoms with Gasteiger partial charge in [0.05, 0.1) is 5.41 Å². The first-order valence-corrected chi connectivity index (χ1v) is 4.22. The minimum Gasteiger partial charge on any atom is -0.207 e. The normalized spacial score (nSPS) is 11.0. The van der Waals surface area contributed by atoms with E-state index in [0.29, 0.717) is 5.56 Å². The van der Waals surface area contributed by atoms with E-state index in [0.717, 1.165) is 5.56 Å². The molecule has 0 spiro atoms. The maximum atomic E-state index is 13.2. The summed E-state index contributed by atoms with van der Waals surface area (Å²) in [6, 6.07) is 5.14. The van der Waals surface area contributed by atoms with Crippen molar-refractivity contribution < 1.29 is 4.39 Å². The topological polar surface area (TPSA) is 0 Å². The lowest BCUT2D eigenvalue weighted by molar-refractivity contribution is 0.606. The summed E-state index contributed by atoms with van der Waals surface area (Å²) in [6.07, 6.45) is 5.35. The Bertz CT molecular complexity index is 356. The molecule has 1 aromatic carbocycles. The fourth-order valence-electron chi connectivity index (χ4n) is 1.06. The number of hydrogen-bond acceptors (Lipinski definition) is 0. The Hall–Kier alpha value is -1.29. The van der Waals surface area contributed by atoms with Crippen molar-refractivity contribution >= 4 is 0 Å². The van der Waals surface area contributed by atoms with Crippen LogP contribution in [0.2, 0.25) is 0 Å². The summed E-state index contributed by atoms with van der Waals surface area (Å²) in [6.45, 7) is 5.54. The van der Waals surface area contributed by atoms with Crippen molar-refractivity contribution in [2.75, 3.05) is 0 Å². The van der Waals surface area contributed by atoms with E-state index in [1.54, 1.807) is 13.0 Å². The molecule has 0 radical (unpaired) electrons. The highest BCUT2D eigenvalue weighted by Crippen LogP contribution is 2.23. The monoisotopic (exact) mass is 176 g/mol. The van der Waals surface area contributed by atoms with E-state index in [1.165, 1.54) is 6.07 Å². The van der Waals surface area contributed by atoms with Gasteiger partial charge in [-0.05, 0) is 38.0 Å². The minimum atomic E-state index is -0.394. The molecule has 0 aliphatic heterocycles. The second kappa shape index (κ2) is 3.22. The molecule has 0 amide bonds. The summed E-state index contributed by atoms with van der Waals surface area (Å²) < 4.78 is 13.2. The number of halogens is 1. The lowest BCUT2D eigenvalue weighted by Gasteiger charge is -2.18. The van der Waals surface area contributed by atoms with Crippen LogP contribution >= 0.6 is 0 Å². The molecule has 0 nitrogen and oxygen atoms in total. The van der Waals surface area contributed by atoms with Crippen LogP contribution in [-0.4, -0.2) is 0 Å². The van der Waals surface area contributed by atoms with Gasteiger partial charge in [-0.2, -0.15) is 0 Å². The molecule has 1 rings (SSSR count). The summed E-state index contributed by atoms with van der Waals surface area (Å²) in [5, 5.41) is 0. The van der Waals surface area contributed by atoms with Gasteiger partial charge in [-0.15, -0.1) is 6.42 Å². The standard InChI is InChI=1S/C12H13F/c1-5-12(3,4)10-7-6-9(2)11(13)8-10/h1,6-8H,2-4H3. The minimum absolute atomic E-state index is 0.194. The Balaban J connectivity index is 3.20. The van der Waals surface area contributed by atoms with Gasteiger partial charge >= 0.3 is 0 Å². The molecule has 0 aromatic heterocycles. The van der Waals surface area contributed by atoms with Crippen molar-refractivity contribution in [3.8, 4) is 12.3 Å². The number of benzene rings is 1. The fraction of sp³-hybridized carbons (Fsp3) is 0.333. The van der Waals surface area contributed by atoms with Crippen molar-refractivity contribution in [1.29, 1.82) is 0 Å². The Morgan fingerprint density at radius 2 is 2.00 bits per heavy atom. The first-order chi connectivity index (χ1) is 5.97. The highest BCUT2D eigenvalue weighted by molar-refractivity contribution is 5.34. The molecule has 0 bridgehead atoms. The third-order valence-corrected chi connectivity index (χ3v) is 2.25. The smallest absolute Gasteiger partial charge is 0.126 e. The molecule has 68 valence electrons. The quantitative estimate of drug-likeness (QED) is 0.577. The van der Waals surface area contributed by atoms with Crippen LogP contribution in [-0.2, 0) is 5.41 Å². The van der Waals surface area contributed by atoms with E-state index in [4.69, 9.17) is 6.42 Å². The lowest BCUT2D eigenvalue weighted by Crippen LogP contribution is -2.14. The van der Waals surface area contributed by atoms with E-state index < -0.39 is 5.41 Å².